The van der Waals surface area contributed by atoms with Gasteiger partial charge in [0.1, 0.15) is 0 Å². The van der Waals surface area contributed by atoms with Crippen molar-refractivity contribution in [3.05, 3.63) is 18.0 Å². The van der Waals surface area contributed by atoms with Gasteiger partial charge >= 0.3 is 0 Å². The van der Waals surface area contributed by atoms with Gasteiger partial charge in [-0.1, -0.05) is 6.92 Å². The highest BCUT2D eigenvalue weighted by molar-refractivity contribution is 6.20. The van der Waals surface area contributed by atoms with Crippen LogP contribution < -0.4 is 0 Å². The molecule has 0 radical (unpaired) electrons. The molecule has 3 nitrogen and oxygen atoms in total. The highest BCUT2D eigenvalue weighted by Crippen LogP contribution is 2.23. The Labute approximate surface area is 102 Å². The van der Waals surface area contributed by atoms with E-state index in [9.17, 15) is 0 Å². The fourth-order valence-corrected chi connectivity index (χ4v) is 2.16. The van der Waals surface area contributed by atoms with Gasteiger partial charge < -0.3 is 4.74 Å². The number of nitrogens with zero attached hydrogens (tertiary/aromatic N) is 2. The minimum Gasteiger partial charge on any atom is -0.378 e. The van der Waals surface area contributed by atoms with E-state index < -0.39 is 0 Å². The van der Waals surface area contributed by atoms with Crippen molar-refractivity contribution in [1.82, 2.24) is 9.78 Å². The summed E-state index contributed by atoms with van der Waals surface area (Å²) in [5.41, 5.74) is 1.12. The van der Waals surface area contributed by atoms with Gasteiger partial charge in [0.05, 0.1) is 17.7 Å². The Bertz CT molecular complexity index is 321. The zero-order valence-corrected chi connectivity index (χ0v) is 10.5. The smallest absolute Gasteiger partial charge is 0.0613 e. The van der Waals surface area contributed by atoms with Crippen molar-refractivity contribution in [2.75, 3.05) is 6.61 Å². The topological polar surface area (TPSA) is 27.1 Å². The summed E-state index contributed by atoms with van der Waals surface area (Å²) < 4.78 is 7.56. The lowest BCUT2D eigenvalue weighted by Gasteiger charge is -2.08. The first kappa shape index (κ1) is 11.9. The van der Waals surface area contributed by atoms with Gasteiger partial charge in [-0.15, -0.1) is 11.6 Å². The molecule has 1 fully saturated rings. The average Bonchev–Trinajstić information content (AvgIpc) is 2.96. The molecule has 2 atom stereocenters. The third-order valence-electron chi connectivity index (χ3n) is 3.08. The number of rotatable bonds is 5. The van der Waals surface area contributed by atoms with Gasteiger partial charge in [-0.2, -0.15) is 5.10 Å². The van der Waals surface area contributed by atoms with E-state index in [0.29, 0.717) is 6.10 Å². The van der Waals surface area contributed by atoms with Gasteiger partial charge in [-0.3, -0.25) is 4.68 Å². The molecule has 0 N–H and O–H groups in total. The van der Waals surface area contributed by atoms with Crippen LogP contribution in [0, 0.1) is 0 Å². The summed E-state index contributed by atoms with van der Waals surface area (Å²) in [5.74, 6) is 0. The van der Waals surface area contributed by atoms with Crippen molar-refractivity contribution < 1.29 is 4.74 Å². The number of aromatic nitrogens is 2. The van der Waals surface area contributed by atoms with Crippen LogP contribution in [0.25, 0.3) is 0 Å². The van der Waals surface area contributed by atoms with E-state index in [2.05, 4.69) is 18.2 Å². The molecule has 16 heavy (non-hydrogen) atoms. The molecule has 0 spiro atoms. The molecule has 2 rings (SSSR count). The molecule has 0 aliphatic carbocycles. The summed E-state index contributed by atoms with van der Waals surface area (Å²) in [4.78, 5) is 0. The second kappa shape index (κ2) is 5.69. The van der Waals surface area contributed by atoms with Crippen LogP contribution in [0.3, 0.4) is 0 Å². The number of ether oxygens (including phenoxy) is 1. The van der Waals surface area contributed by atoms with E-state index in [4.69, 9.17) is 16.3 Å². The van der Waals surface area contributed by atoms with E-state index in [-0.39, 0.29) is 5.38 Å². The van der Waals surface area contributed by atoms with E-state index in [0.717, 1.165) is 31.6 Å². The second-order valence-corrected chi connectivity index (χ2v) is 4.86. The maximum atomic E-state index is 6.15. The average molecular weight is 243 g/mol. The highest BCUT2D eigenvalue weighted by Gasteiger charge is 2.15. The monoisotopic (exact) mass is 242 g/mol. The number of aryl methyl sites for hydroxylation is 1. The fourth-order valence-electron chi connectivity index (χ4n) is 2.05. The summed E-state index contributed by atoms with van der Waals surface area (Å²) >= 11 is 6.15. The van der Waals surface area contributed by atoms with Crippen molar-refractivity contribution in [1.29, 1.82) is 0 Å². The lowest BCUT2D eigenvalue weighted by atomic mass is 10.2. The Morgan fingerprint density at radius 3 is 3.25 bits per heavy atom. The molecule has 0 saturated carbocycles. The predicted octanol–water partition coefficient (Wildman–Crippen LogP) is 3.14. The summed E-state index contributed by atoms with van der Waals surface area (Å²) in [5, 5.41) is 4.42. The first-order chi connectivity index (χ1) is 7.79. The molecular formula is C12H19ClN2O. The molecule has 1 aliphatic rings. The Morgan fingerprint density at radius 2 is 2.56 bits per heavy atom. The van der Waals surface area contributed by atoms with Gasteiger partial charge in [0.2, 0.25) is 0 Å². The van der Waals surface area contributed by atoms with E-state index in [1.807, 2.05) is 10.9 Å². The van der Waals surface area contributed by atoms with Gasteiger partial charge in [-0.05, 0) is 25.7 Å². The predicted molar refractivity (Wildman–Crippen MR) is 64.7 cm³/mol. The minimum absolute atomic E-state index is 0.0940. The molecule has 2 heterocycles. The van der Waals surface area contributed by atoms with Crippen molar-refractivity contribution in [2.45, 2.75) is 50.6 Å². The van der Waals surface area contributed by atoms with E-state index in [1.54, 1.807) is 0 Å². The Hall–Kier alpha value is -0.540. The normalized spacial score (nSPS) is 22.5. The van der Waals surface area contributed by atoms with E-state index >= 15 is 0 Å². The lowest BCUT2D eigenvalue weighted by molar-refractivity contribution is 0.0994. The van der Waals surface area contributed by atoms with Crippen molar-refractivity contribution in [3.8, 4) is 0 Å². The van der Waals surface area contributed by atoms with Crippen LogP contribution in [0.1, 0.15) is 43.5 Å². The number of hydrogen-bond acceptors (Lipinski definition) is 2. The van der Waals surface area contributed by atoms with Crippen LogP contribution in [0.4, 0.5) is 0 Å². The standard InChI is InChI=1S/C12H19ClN2O/c1-2-12(13)10-8-14-15(9-10)6-5-11-4-3-7-16-11/h8-9,11-12H,2-7H2,1H3. The molecule has 1 saturated heterocycles. The highest BCUT2D eigenvalue weighted by atomic mass is 35.5. The summed E-state index contributed by atoms with van der Waals surface area (Å²) in [6.07, 6.45) is 8.76. The van der Waals surface area contributed by atoms with Crippen LogP contribution in [0.2, 0.25) is 0 Å². The van der Waals surface area contributed by atoms with Gasteiger partial charge in [0, 0.05) is 24.9 Å². The van der Waals surface area contributed by atoms with Crippen molar-refractivity contribution in [3.63, 3.8) is 0 Å². The van der Waals surface area contributed by atoms with Gasteiger partial charge in [-0.25, -0.2) is 0 Å². The van der Waals surface area contributed by atoms with Crippen molar-refractivity contribution in [2.24, 2.45) is 0 Å². The number of alkyl halides is 1. The third-order valence-corrected chi connectivity index (χ3v) is 3.64. The molecule has 90 valence electrons. The lowest BCUT2D eigenvalue weighted by Crippen LogP contribution is -2.10. The van der Waals surface area contributed by atoms with Crippen LogP contribution in [-0.2, 0) is 11.3 Å². The molecular weight excluding hydrogens is 224 g/mol. The first-order valence-corrected chi connectivity index (χ1v) is 6.51. The van der Waals surface area contributed by atoms with Crippen LogP contribution >= 0.6 is 11.6 Å². The SMILES string of the molecule is CCC(Cl)c1cnn(CCC2CCCO2)c1. The molecule has 0 aromatic carbocycles. The summed E-state index contributed by atoms with van der Waals surface area (Å²) in [7, 11) is 0. The van der Waals surface area contributed by atoms with Crippen LogP contribution in [-0.4, -0.2) is 22.5 Å². The first-order valence-electron chi connectivity index (χ1n) is 6.07. The molecule has 0 bridgehead atoms. The largest absolute Gasteiger partial charge is 0.378 e. The Morgan fingerprint density at radius 1 is 1.69 bits per heavy atom. The Balaban J connectivity index is 1.82. The van der Waals surface area contributed by atoms with E-state index in [1.165, 1.54) is 12.8 Å². The second-order valence-electron chi connectivity index (χ2n) is 4.34. The zero-order valence-electron chi connectivity index (χ0n) is 9.73. The molecule has 1 aromatic heterocycles. The third kappa shape index (κ3) is 2.98. The van der Waals surface area contributed by atoms with Gasteiger partial charge in [0.25, 0.3) is 0 Å². The van der Waals surface area contributed by atoms with Crippen LogP contribution in [0.5, 0.6) is 0 Å². The summed E-state index contributed by atoms with van der Waals surface area (Å²) in [6.45, 7) is 3.94. The fraction of sp³-hybridized carbons (Fsp3) is 0.750. The number of halogens is 1. The van der Waals surface area contributed by atoms with Crippen LogP contribution in [0.15, 0.2) is 12.4 Å². The summed E-state index contributed by atoms with van der Waals surface area (Å²) in [6, 6.07) is 0. The quantitative estimate of drug-likeness (QED) is 0.742. The zero-order chi connectivity index (χ0) is 11.4. The minimum atomic E-state index is 0.0940. The van der Waals surface area contributed by atoms with Crippen molar-refractivity contribution >= 4 is 11.6 Å². The molecule has 2 unspecified atom stereocenters. The molecule has 1 aliphatic heterocycles. The number of hydrogen-bond donors (Lipinski definition) is 0. The van der Waals surface area contributed by atoms with Gasteiger partial charge in [0.15, 0.2) is 0 Å². The molecule has 0 amide bonds. The maximum absolute atomic E-state index is 6.15. The maximum Gasteiger partial charge on any atom is 0.0613 e. The Kier molecular flexibility index (Phi) is 4.24. The molecule has 1 aromatic rings. The molecule has 4 heteroatoms.